The molecule has 1 fully saturated rings. The Morgan fingerprint density at radius 3 is 2.52 bits per heavy atom. The van der Waals surface area contributed by atoms with Gasteiger partial charge in [-0.25, -0.2) is 4.39 Å². The topological polar surface area (TPSA) is 20.3 Å². The van der Waals surface area contributed by atoms with Crippen molar-refractivity contribution in [2.45, 2.75) is 25.8 Å². The molecule has 23 heavy (non-hydrogen) atoms. The van der Waals surface area contributed by atoms with Gasteiger partial charge in [-0.15, -0.1) is 0 Å². The lowest BCUT2D eigenvalue weighted by atomic mass is 10.0. The number of carbonyl (C=O) groups excluding carboxylic acids is 1. The smallest absolute Gasteiger partial charge is 0.193 e. The molecule has 1 saturated heterocycles. The lowest BCUT2D eigenvalue weighted by molar-refractivity contribution is 0.103. The first-order valence-electron chi connectivity index (χ1n) is 7.94. The van der Waals surface area contributed by atoms with Gasteiger partial charge < -0.3 is 0 Å². The molecule has 2 aromatic carbocycles. The SMILES string of the molecule is O=C(c1cccc(CN2CCCCC2)c1)c1ccc(F)c(Cl)c1. The number of likely N-dealkylation sites (tertiary alicyclic amines) is 1. The van der Waals surface area contributed by atoms with Crippen molar-refractivity contribution in [3.8, 4) is 0 Å². The Bertz CT molecular complexity index is 710. The molecule has 4 heteroatoms. The maximum atomic E-state index is 13.2. The molecule has 0 saturated carbocycles. The van der Waals surface area contributed by atoms with E-state index in [0.717, 1.165) is 25.2 Å². The van der Waals surface area contributed by atoms with E-state index in [1.165, 1.54) is 37.5 Å². The Morgan fingerprint density at radius 1 is 1.04 bits per heavy atom. The molecule has 1 aliphatic rings. The fourth-order valence-corrected chi connectivity index (χ4v) is 3.17. The van der Waals surface area contributed by atoms with E-state index in [1.807, 2.05) is 18.2 Å². The molecule has 0 aliphatic carbocycles. The molecule has 1 aliphatic heterocycles. The summed E-state index contributed by atoms with van der Waals surface area (Å²) in [5.41, 5.74) is 2.15. The van der Waals surface area contributed by atoms with Crippen LogP contribution in [0.5, 0.6) is 0 Å². The summed E-state index contributed by atoms with van der Waals surface area (Å²) in [6.45, 7) is 3.10. The fourth-order valence-electron chi connectivity index (χ4n) is 2.99. The first-order valence-corrected chi connectivity index (χ1v) is 8.32. The molecule has 0 atom stereocenters. The van der Waals surface area contributed by atoms with Gasteiger partial charge in [0.1, 0.15) is 5.82 Å². The predicted molar refractivity (Wildman–Crippen MR) is 90.4 cm³/mol. The second-order valence-electron chi connectivity index (χ2n) is 6.00. The number of hydrogen-bond donors (Lipinski definition) is 0. The number of benzene rings is 2. The van der Waals surface area contributed by atoms with Crippen molar-refractivity contribution in [1.82, 2.24) is 4.90 Å². The largest absolute Gasteiger partial charge is 0.299 e. The molecule has 2 aromatic rings. The third-order valence-electron chi connectivity index (χ3n) is 4.23. The quantitative estimate of drug-likeness (QED) is 0.757. The summed E-state index contributed by atoms with van der Waals surface area (Å²) < 4.78 is 13.2. The van der Waals surface area contributed by atoms with Crippen LogP contribution in [0, 0.1) is 5.82 Å². The normalized spacial score (nSPS) is 15.6. The van der Waals surface area contributed by atoms with Gasteiger partial charge in [0, 0.05) is 17.7 Å². The highest BCUT2D eigenvalue weighted by molar-refractivity contribution is 6.31. The highest BCUT2D eigenvalue weighted by atomic mass is 35.5. The first kappa shape index (κ1) is 16.2. The summed E-state index contributed by atoms with van der Waals surface area (Å²) >= 11 is 5.77. The fraction of sp³-hybridized carbons (Fsp3) is 0.316. The number of ketones is 1. The Labute approximate surface area is 140 Å². The van der Waals surface area contributed by atoms with Gasteiger partial charge in [-0.3, -0.25) is 9.69 Å². The molecule has 0 aromatic heterocycles. The lowest BCUT2D eigenvalue weighted by Gasteiger charge is -2.26. The number of piperidine rings is 1. The van der Waals surface area contributed by atoms with Gasteiger partial charge >= 0.3 is 0 Å². The molecule has 120 valence electrons. The van der Waals surface area contributed by atoms with Crippen molar-refractivity contribution < 1.29 is 9.18 Å². The van der Waals surface area contributed by atoms with Crippen LogP contribution >= 0.6 is 11.6 Å². The van der Waals surface area contributed by atoms with E-state index in [0.29, 0.717) is 11.1 Å². The van der Waals surface area contributed by atoms with Crippen LogP contribution in [0.15, 0.2) is 42.5 Å². The zero-order chi connectivity index (χ0) is 16.2. The van der Waals surface area contributed by atoms with Gasteiger partial charge in [0.15, 0.2) is 5.78 Å². The van der Waals surface area contributed by atoms with Crippen LogP contribution in [0.25, 0.3) is 0 Å². The Hall–Kier alpha value is -1.71. The highest BCUT2D eigenvalue weighted by Crippen LogP contribution is 2.20. The van der Waals surface area contributed by atoms with Gasteiger partial charge in [-0.2, -0.15) is 0 Å². The predicted octanol–water partition coefficient (Wildman–Crippen LogP) is 4.70. The number of carbonyl (C=O) groups is 1. The standard InChI is InChI=1S/C19H19ClFNO/c20-17-12-16(7-8-18(17)21)19(23)15-6-4-5-14(11-15)13-22-9-2-1-3-10-22/h4-8,11-12H,1-3,9-10,13H2. The highest BCUT2D eigenvalue weighted by Gasteiger charge is 2.14. The second-order valence-corrected chi connectivity index (χ2v) is 6.40. The Morgan fingerprint density at radius 2 is 1.78 bits per heavy atom. The molecular weight excluding hydrogens is 313 g/mol. The zero-order valence-electron chi connectivity index (χ0n) is 12.9. The first-order chi connectivity index (χ1) is 11.1. The molecular formula is C19H19ClFNO. The summed E-state index contributed by atoms with van der Waals surface area (Å²) in [6, 6.07) is 11.7. The van der Waals surface area contributed by atoms with E-state index >= 15 is 0 Å². The van der Waals surface area contributed by atoms with Crippen LogP contribution < -0.4 is 0 Å². The van der Waals surface area contributed by atoms with Gasteiger partial charge in [0.2, 0.25) is 0 Å². The number of hydrogen-bond acceptors (Lipinski definition) is 2. The molecule has 0 unspecified atom stereocenters. The molecule has 3 rings (SSSR count). The summed E-state index contributed by atoms with van der Waals surface area (Å²) in [5, 5.41) is -0.0275. The molecule has 1 heterocycles. The van der Waals surface area contributed by atoms with Crippen molar-refractivity contribution in [2.75, 3.05) is 13.1 Å². The number of halogens is 2. The third-order valence-corrected chi connectivity index (χ3v) is 4.52. The molecule has 0 spiro atoms. The van der Waals surface area contributed by atoms with Gasteiger partial charge in [0.05, 0.1) is 5.02 Å². The van der Waals surface area contributed by atoms with Crippen molar-refractivity contribution in [2.24, 2.45) is 0 Å². The van der Waals surface area contributed by atoms with Crippen LogP contribution in [0.1, 0.15) is 40.7 Å². The van der Waals surface area contributed by atoms with Crippen LogP contribution in [0.3, 0.4) is 0 Å². The van der Waals surface area contributed by atoms with Crippen LogP contribution in [0.2, 0.25) is 5.02 Å². The Kier molecular flexibility index (Phi) is 5.09. The van der Waals surface area contributed by atoms with Crippen LogP contribution in [0.4, 0.5) is 4.39 Å². The minimum atomic E-state index is -0.512. The van der Waals surface area contributed by atoms with Crippen molar-refractivity contribution >= 4 is 17.4 Å². The Balaban J connectivity index is 1.78. The van der Waals surface area contributed by atoms with E-state index < -0.39 is 5.82 Å². The molecule has 0 bridgehead atoms. The van der Waals surface area contributed by atoms with E-state index in [1.54, 1.807) is 6.07 Å². The molecule has 0 amide bonds. The minimum Gasteiger partial charge on any atom is -0.299 e. The van der Waals surface area contributed by atoms with Crippen LogP contribution in [-0.2, 0) is 6.54 Å². The molecule has 0 radical (unpaired) electrons. The van der Waals surface area contributed by atoms with Crippen molar-refractivity contribution in [1.29, 1.82) is 0 Å². The lowest BCUT2D eigenvalue weighted by Crippen LogP contribution is -2.29. The minimum absolute atomic E-state index is 0.0275. The maximum absolute atomic E-state index is 13.2. The average Bonchev–Trinajstić information content (AvgIpc) is 2.58. The van der Waals surface area contributed by atoms with Crippen molar-refractivity contribution in [3.63, 3.8) is 0 Å². The summed E-state index contributed by atoms with van der Waals surface area (Å²) in [6.07, 6.45) is 3.79. The van der Waals surface area contributed by atoms with Gasteiger partial charge in [-0.1, -0.05) is 36.2 Å². The van der Waals surface area contributed by atoms with Gasteiger partial charge in [-0.05, 0) is 55.8 Å². The molecule has 2 nitrogen and oxygen atoms in total. The van der Waals surface area contributed by atoms with E-state index in [-0.39, 0.29) is 10.8 Å². The third kappa shape index (κ3) is 3.98. The monoisotopic (exact) mass is 331 g/mol. The van der Waals surface area contributed by atoms with Crippen LogP contribution in [-0.4, -0.2) is 23.8 Å². The van der Waals surface area contributed by atoms with Gasteiger partial charge in [0.25, 0.3) is 0 Å². The summed E-state index contributed by atoms with van der Waals surface area (Å²) in [5.74, 6) is -0.644. The average molecular weight is 332 g/mol. The van der Waals surface area contributed by atoms with E-state index in [2.05, 4.69) is 4.90 Å². The molecule has 0 N–H and O–H groups in total. The summed E-state index contributed by atoms with van der Waals surface area (Å²) in [7, 11) is 0. The second kappa shape index (κ2) is 7.24. The number of rotatable bonds is 4. The maximum Gasteiger partial charge on any atom is 0.193 e. The zero-order valence-corrected chi connectivity index (χ0v) is 13.7. The number of nitrogens with zero attached hydrogens (tertiary/aromatic N) is 1. The van der Waals surface area contributed by atoms with Crippen molar-refractivity contribution in [3.05, 3.63) is 70.0 Å². The summed E-state index contributed by atoms with van der Waals surface area (Å²) in [4.78, 5) is 15.0. The van der Waals surface area contributed by atoms with E-state index in [4.69, 9.17) is 11.6 Å². The van der Waals surface area contributed by atoms with E-state index in [9.17, 15) is 9.18 Å².